The summed E-state index contributed by atoms with van der Waals surface area (Å²) < 4.78 is 7.20. The van der Waals surface area contributed by atoms with Gasteiger partial charge in [0.25, 0.3) is 5.56 Å². The molecule has 0 bridgehead atoms. The first-order valence-corrected chi connectivity index (χ1v) is 8.73. The first-order chi connectivity index (χ1) is 12.0. The Hall–Kier alpha value is -1.98. The van der Waals surface area contributed by atoms with Gasteiger partial charge < -0.3 is 14.8 Å². The lowest BCUT2D eigenvalue weighted by Crippen LogP contribution is -2.42. The molecule has 2 aromatic rings. The number of nitrogens with one attached hydrogen (secondary N) is 1. The average molecular weight is 457 g/mol. The normalized spacial score (nSPS) is 15.2. The van der Waals surface area contributed by atoms with Crippen LogP contribution in [0, 0.1) is 3.57 Å². The lowest BCUT2D eigenvalue weighted by atomic mass is 10.2. The molecule has 0 amide bonds. The van der Waals surface area contributed by atoms with Crippen molar-refractivity contribution in [2.75, 3.05) is 26.3 Å². The highest BCUT2D eigenvalue weighted by molar-refractivity contribution is 14.1. The third-order valence-corrected chi connectivity index (χ3v) is 4.70. The number of rotatable bonds is 4. The Balaban J connectivity index is 2.12. The molecule has 0 atom stereocenters. The number of carboxylic acids is 1. The van der Waals surface area contributed by atoms with E-state index in [2.05, 4.69) is 27.6 Å². The van der Waals surface area contributed by atoms with E-state index in [9.17, 15) is 19.5 Å². The fourth-order valence-electron chi connectivity index (χ4n) is 2.71. The van der Waals surface area contributed by atoms with Crippen molar-refractivity contribution >= 4 is 28.6 Å². The number of H-pyrrole nitrogens is 1. The summed E-state index contributed by atoms with van der Waals surface area (Å²) in [7, 11) is 0. The zero-order chi connectivity index (χ0) is 18.0. The molecule has 1 aromatic heterocycles. The van der Waals surface area contributed by atoms with Crippen molar-refractivity contribution in [3.05, 3.63) is 59.9 Å². The monoisotopic (exact) mass is 457 g/mol. The predicted molar refractivity (Wildman–Crippen MR) is 98.4 cm³/mol. The summed E-state index contributed by atoms with van der Waals surface area (Å²) in [5.41, 5.74) is -1.29. The van der Waals surface area contributed by atoms with Crippen LogP contribution in [0.1, 0.15) is 16.1 Å². The van der Waals surface area contributed by atoms with Crippen molar-refractivity contribution < 1.29 is 14.6 Å². The molecule has 0 radical (unpaired) electrons. The molecule has 3 rings (SSSR count). The topological polar surface area (TPSA) is 105 Å². The molecule has 1 fully saturated rings. The van der Waals surface area contributed by atoms with Gasteiger partial charge in [-0.2, -0.15) is 0 Å². The number of carboxylic acid groups (broad SMARTS) is 1. The predicted octanol–water partition coefficient (Wildman–Crippen LogP) is 0.661. The van der Waals surface area contributed by atoms with Crippen LogP contribution in [0.2, 0.25) is 0 Å². The highest BCUT2D eigenvalue weighted by Crippen LogP contribution is 2.11. The van der Waals surface area contributed by atoms with Crippen LogP contribution in [0.4, 0.5) is 0 Å². The Kier molecular flexibility index (Phi) is 5.35. The van der Waals surface area contributed by atoms with Crippen molar-refractivity contribution in [3.8, 4) is 5.69 Å². The van der Waals surface area contributed by atoms with Crippen LogP contribution in [0.5, 0.6) is 0 Å². The van der Waals surface area contributed by atoms with E-state index in [-0.39, 0.29) is 17.8 Å². The number of ether oxygens (including phenoxy) is 1. The van der Waals surface area contributed by atoms with Gasteiger partial charge >= 0.3 is 11.7 Å². The van der Waals surface area contributed by atoms with Crippen LogP contribution in [0.3, 0.4) is 0 Å². The molecular weight excluding hydrogens is 441 g/mol. The molecule has 0 aliphatic carbocycles. The number of aromatic nitrogens is 2. The Morgan fingerprint density at radius 1 is 1.20 bits per heavy atom. The zero-order valence-electron chi connectivity index (χ0n) is 13.2. The van der Waals surface area contributed by atoms with Crippen LogP contribution >= 0.6 is 22.6 Å². The van der Waals surface area contributed by atoms with Gasteiger partial charge in [-0.05, 0) is 46.9 Å². The fourth-order valence-corrected chi connectivity index (χ4v) is 3.07. The molecule has 9 heteroatoms. The van der Waals surface area contributed by atoms with E-state index >= 15 is 0 Å². The molecule has 0 spiro atoms. The third-order valence-electron chi connectivity index (χ3n) is 3.98. The number of aromatic amines is 1. The van der Waals surface area contributed by atoms with Crippen LogP contribution in [0.15, 0.2) is 33.9 Å². The van der Waals surface area contributed by atoms with Gasteiger partial charge in [0.05, 0.1) is 24.5 Å². The van der Waals surface area contributed by atoms with E-state index in [1.807, 2.05) is 4.90 Å². The minimum Gasteiger partial charge on any atom is -0.477 e. The first-order valence-electron chi connectivity index (χ1n) is 7.65. The van der Waals surface area contributed by atoms with E-state index in [4.69, 9.17) is 4.74 Å². The van der Waals surface area contributed by atoms with Gasteiger partial charge in [-0.25, -0.2) is 14.2 Å². The minimum atomic E-state index is -1.33. The maximum atomic E-state index is 12.9. The number of hydrogen-bond acceptors (Lipinski definition) is 5. The molecule has 25 heavy (non-hydrogen) atoms. The molecule has 1 aromatic carbocycles. The molecule has 1 aliphatic heterocycles. The van der Waals surface area contributed by atoms with Crippen LogP contribution in [-0.4, -0.2) is 51.8 Å². The van der Waals surface area contributed by atoms with Crippen LogP contribution < -0.4 is 11.2 Å². The molecule has 8 nitrogen and oxygen atoms in total. The van der Waals surface area contributed by atoms with Gasteiger partial charge in [-0.1, -0.05) is 0 Å². The second kappa shape index (κ2) is 7.50. The molecule has 2 heterocycles. The highest BCUT2D eigenvalue weighted by Gasteiger charge is 2.22. The van der Waals surface area contributed by atoms with Gasteiger partial charge in [-0.15, -0.1) is 0 Å². The van der Waals surface area contributed by atoms with Crippen molar-refractivity contribution in [1.82, 2.24) is 14.5 Å². The van der Waals surface area contributed by atoms with Gasteiger partial charge in [-0.3, -0.25) is 9.69 Å². The third kappa shape index (κ3) is 3.83. The summed E-state index contributed by atoms with van der Waals surface area (Å²) in [6.45, 7) is 2.39. The summed E-state index contributed by atoms with van der Waals surface area (Å²) in [6.07, 6.45) is 0. The van der Waals surface area contributed by atoms with E-state index in [0.29, 0.717) is 32.0 Å². The lowest BCUT2D eigenvalue weighted by Gasteiger charge is -2.26. The SMILES string of the molecule is O=C(O)c1[nH]c(=O)n(-c2ccc(I)cc2)c(=O)c1CN1CCOCC1. The maximum absolute atomic E-state index is 12.9. The number of hydrogen-bond donors (Lipinski definition) is 2. The van der Waals surface area contributed by atoms with Gasteiger partial charge in [0.2, 0.25) is 0 Å². The standard InChI is InChI=1S/C16H16IN3O5/c17-10-1-3-11(4-2-10)20-14(21)12(9-19-5-7-25-8-6-19)13(15(22)23)18-16(20)24/h1-4H,5-9H2,(H,18,24)(H,22,23). The number of aromatic carboxylic acids is 1. The average Bonchev–Trinajstić information content (AvgIpc) is 2.59. The zero-order valence-corrected chi connectivity index (χ0v) is 15.4. The Morgan fingerprint density at radius 2 is 1.84 bits per heavy atom. The van der Waals surface area contributed by atoms with Crippen LogP contribution in [0.25, 0.3) is 5.69 Å². The molecule has 132 valence electrons. The smallest absolute Gasteiger partial charge is 0.352 e. The molecule has 1 aliphatic rings. The first kappa shape index (κ1) is 17.8. The number of halogens is 1. The molecular formula is C16H16IN3O5. The van der Waals surface area contributed by atoms with Crippen molar-refractivity contribution in [3.63, 3.8) is 0 Å². The van der Waals surface area contributed by atoms with Gasteiger partial charge in [0.15, 0.2) is 0 Å². The van der Waals surface area contributed by atoms with Crippen LogP contribution in [-0.2, 0) is 11.3 Å². The van der Waals surface area contributed by atoms with E-state index in [1.54, 1.807) is 24.3 Å². The number of carbonyl (C=O) groups is 1. The minimum absolute atomic E-state index is 0.0625. The summed E-state index contributed by atoms with van der Waals surface area (Å²) >= 11 is 2.12. The van der Waals surface area contributed by atoms with E-state index < -0.39 is 17.2 Å². The number of morpholine rings is 1. The quantitative estimate of drug-likeness (QED) is 0.654. The van der Waals surface area contributed by atoms with Crippen molar-refractivity contribution in [2.24, 2.45) is 0 Å². The second-order valence-electron chi connectivity index (χ2n) is 5.59. The van der Waals surface area contributed by atoms with Crippen molar-refractivity contribution in [2.45, 2.75) is 6.54 Å². The summed E-state index contributed by atoms with van der Waals surface area (Å²) in [5, 5.41) is 9.38. The maximum Gasteiger partial charge on any atom is 0.352 e. The Labute approximate surface area is 156 Å². The van der Waals surface area contributed by atoms with Gasteiger partial charge in [0, 0.05) is 23.2 Å². The van der Waals surface area contributed by atoms with Crippen molar-refractivity contribution in [1.29, 1.82) is 0 Å². The fraction of sp³-hybridized carbons (Fsp3) is 0.312. The Morgan fingerprint density at radius 3 is 2.44 bits per heavy atom. The number of benzene rings is 1. The van der Waals surface area contributed by atoms with E-state index in [1.165, 1.54) is 0 Å². The summed E-state index contributed by atoms with van der Waals surface area (Å²) in [4.78, 5) is 41.0. The molecule has 2 N–H and O–H groups in total. The summed E-state index contributed by atoms with van der Waals surface area (Å²) in [5.74, 6) is -1.33. The largest absolute Gasteiger partial charge is 0.477 e. The summed E-state index contributed by atoms with van der Waals surface area (Å²) in [6, 6.07) is 6.85. The lowest BCUT2D eigenvalue weighted by molar-refractivity contribution is 0.0336. The number of nitrogens with zero attached hydrogens (tertiary/aromatic N) is 2. The molecule has 0 saturated carbocycles. The second-order valence-corrected chi connectivity index (χ2v) is 6.84. The molecule has 0 unspecified atom stereocenters. The van der Waals surface area contributed by atoms with Gasteiger partial charge in [0.1, 0.15) is 5.69 Å². The highest BCUT2D eigenvalue weighted by atomic mass is 127. The van der Waals surface area contributed by atoms with E-state index in [0.717, 1.165) is 8.14 Å². The molecule has 1 saturated heterocycles. The Bertz CT molecular complexity index is 897.